The molecule has 6 nitrogen and oxygen atoms in total. The Morgan fingerprint density at radius 1 is 0.946 bits per heavy atom. The highest BCUT2D eigenvalue weighted by Gasteiger charge is 2.64. The van der Waals surface area contributed by atoms with E-state index in [0.717, 1.165) is 22.3 Å². The van der Waals surface area contributed by atoms with Crippen molar-refractivity contribution in [3.63, 3.8) is 0 Å². The fourth-order valence-corrected chi connectivity index (χ4v) is 6.68. The number of hydrogen-bond acceptors (Lipinski definition) is 5. The van der Waals surface area contributed by atoms with Crippen LogP contribution in [0.25, 0.3) is 6.08 Å². The van der Waals surface area contributed by atoms with Crippen molar-refractivity contribution in [3.05, 3.63) is 99.2 Å². The van der Waals surface area contributed by atoms with Crippen molar-refractivity contribution in [1.82, 2.24) is 4.90 Å². The molecule has 0 aromatic heterocycles. The van der Waals surface area contributed by atoms with Gasteiger partial charge < -0.3 is 9.64 Å². The molecule has 0 radical (unpaired) electrons. The average molecular weight is 557 g/mol. The van der Waals surface area contributed by atoms with E-state index >= 15 is 0 Å². The first-order chi connectivity index (χ1) is 17.8. The highest BCUT2D eigenvalue weighted by atomic mass is 79.9. The fourth-order valence-electron chi connectivity index (χ4n) is 6.14. The van der Waals surface area contributed by atoms with E-state index in [-0.39, 0.29) is 17.6 Å². The minimum Gasteiger partial charge on any atom is -0.496 e. The Hall–Kier alpha value is -3.71. The van der Waals surface area contributed by atoms with E-state index in [0.29, 0.717) is 21.5 Å². The molecule has 0 aliphatic carbocycles. The molecule has 0 unspecified atom stereocenters. The molecule has 2 amide bonds. The molecule has 3 heterocycles. The van der Waals surface area contributed by atoms with Crippen molar-refractivity contribution in [2.24, 2.45) is 11.8 Å². The first-order valence-electron chi connectivity index (χ1n) is 12.2. The summed E-state index contributed by atoms with van der Waals surface area (Å²) in [6, 6.07) is 17.5. The van der Waals surface area contributed by atoms with Crippen molar-refractivity contribution in [1.29, 1.82) is 0 Å². The van der Waals surface area contributed by atoms with Gasteiger partial charge in [-0.05, 0) is 76.8 Å². The fraction of sp³-hybridized carbons (Fsp3) is 0.233. The maximum Gasteiger partial charge on any atom is 0.240 e. The van der Waals surface area contributed by atoms with Gasteiger partial charge in [-0.25, -0.2) is 4.90 Å². The van der Waals surface area contributed by atoms with Gasteiger partial charge in [0, 0.05) is 11.8 Å². The Morgan fingerprint density at radius 3 is 2.43 bits per heavy atom. The van der Waals surface area contributed by atoms with E-state index in [1.54, 1.807) is 25.3 Å². The van der Waals surface area contributed by atoms with Gasteiger partial charge in [0.2, 0.25) is 11.8 Å². The number of ether oxygens (including phenoxy) is 1. The maximum atomic E-state index is 14.1. The second-order valence-electron chi connectivity index (χ2n) is 9.85. The largest absolute Gasteiger partial charge is 0.496 e. The van der Waals surface area contributed by atoms with Gasteiger partial charge in [0.25, 0.3) is 0 Å². The van der Waals surface area contributed by atoms with Gasteiger partial charge in [-0.2, -0.15) is 0 Å². The molecule has 0 N–H and O–H groups in total. The quantitative estimate of drug-likeness (QED) is 0.314. The second-order valence-corrected chi connectivity index (χ2v) is 10.7. The Kier molecular flexibility index (Phi) is 5.57. The summed E-state index contributed by atoms with van der Waals surface area (Å²) in [5.41, 5.74) is 4.89. The number of aryl methyl sites for hydroxylation is 2. The van der Waals surface area contributed by atoms with Gasteiger partial charge in [-0.15, -0.1) is 0 Å². The predicted octanol–water partition coefficient (Wildman–Crippen LogP) is 5.47. The minimum absolute atomic E-state index is 0.200. The van der Waals surface area contributed by atoms with Crippen LogP contribution in [0.4, 0.5) is 5.69 Å². The number of carbonyl (C=O) groups is 3. The molecular formula is C30H25BrN2O4. The average Bonchev–Trinajstić information content (AvgIpc) is 3.36. The predicted molar refractivity (Wildman–Crippen MR) is 144 cm³/mol. The number of hydrogen-bond donors (Lipinski definition) is 0. The van der Waals surface area contributed by atoms with Crippen LogP contribution in [0.15, 0.2) is 71.3 Å². The molecule has 7 heteroatoms. The number of benzene rings is 3. The Morgan fingerprint density at radius 2 is 1.70 bits per heavy atom. The highest BCUT2D eigenvalue weighted by molar-refractivity contribution is 9.10. The topological polar surface area (TPSA) is 66.9 Å². The Bertz CT molecular complexity index is 1510. The molecule has 37 heavy (non-hydrogen) atoms. The van der Waals surface area contributed by atoms with Crippen molar-refractivity contribution in [3.8, 4) is 5.75 Å². The number of imide groups is 1. The molecule has 0 bridgehead atoms. The highest BCUT2D eigenvalue weighted by Crippen LogP contribution is 2.54. The number of methoxy groups -OCH3 is 1. The van der Waals surface area contributed by atoms with E-state index < -0.39 is 23.9 Å². The lowest BCUT2D eigenvalue weighted by Gasteiger charge is -2.35. The molecule has 4 atom stereocenters. The van der Waals surface area contributed by atoms with Crippen LogP contribution in [0, 0.1) is 25.7 Å². The van der Waals surface area contributed by atoms with Crippen LogP contribution in [0.2, 0.25) is 0 Å². The van der Waals surface area contributed by atoms with Crippen LogP contribution >= 0.6 is 15.9 Å². The lowest BCUT2D eigenvalue weighted by molar-refractivity contribution is -0.123. The van der Waals surface area contributed by atoms with Crippen molar-refractivity contribution < 1.29 is 19.1 Å². The van der Waals surface area contributed by atoms with Gasteiger partial charge in [-0.1, -0.05) is 42.0 Å². The van der Waals surface area contributed by atoms with E-state index in [4.69, 9.17) is 4.74 Å². The van der Waals surface area contributed by atoms with Gasteiger partial charge >= 0.3 is 0 Å². The molecular weight excluding hydrogens is 532 g/mol. The summed E-state index contributed by atoms with van der Waals surface area (Å²) >= 11 is 3.47. The standard InChI is InChI=1S/C30H25BrN2O4/c1-16-8-10-22(17(2)14-16)33-29(35)24-25(30(33)36)27(28(34)19-9-11-23(37-3)21(31)15-19)32-13-12-18-6-4-5-7-20(18)26(24)32/h4-15,24-27H,1-3H3/t24-,25+,26+,27-/m0/s1. The third-order valence-corrected chi connectivity index (χ3v) is 8.38. The lowest BCUT2D eigenvalue weighted by Crippen LogP contribution is -2.44. The summed E-state index contributed by atoms with van der Waals surface area (Å²) in [7, 11) is 1.56. The molecule has 186 valence electrons. The molecule has 0 saturated carbocycles. The Labute approximate surface area is 223 Å². The molecule has 0 spiro atoms. The SMILES string of the molecule is COc1ccc(C(=O)[C@@H]2[C@@H]3C(=O)N(c4ccc(C)cc4C)C(=O)[C@@H]3[C@H]3c4ccccc4C=CN23)cc1Br. The van der Waals surface area contributed by atoms with Crippen molar-refractivity contribution >= 4 is 45.3 Å². The van der Waals surface area contributed by atoms with Crippen molar-refractivity contribution in [2.75, 3.05) is 12.0 Å². The molecule has 3 aromatic carbocycles. The van der Waals surface area contributed by atoms with E-state index in [9.17, 15) is 14.4 Å². The molecule has 3 aromatic rings. The summed E-state index contributed by atoms with van der Waals surface area (Å²) in [6.07, 6.45) is 3.82. The third-order valence-electron chi connectivity index (χ3n) is 7.76. The second kappa shape index (κ2) is 8.70. The number of anilines is 1. The lowest BCUT2D eigenvalue weighted by atomic mass is 9.83. The number of halogens is 1. The van der Waals surface area contributed by atoms with Crippen molar-refractivity contribution in [2.45, 2.75) is 25.9 Å². The van der Waals surface area contributed by atoms with Gasteiger partial charge in [-0.3, -0.25) is 14.4 Å². The van der Waals surface area contributed by atoms with Crippen LogP contribution in [-0.2, 0) is 9.59 Å². The molecule has 3 aliphatic heterocycles. The minimum atomic E-state index is -0.813. The van der Waals surface area contributed by atoms with Gasteiger partial charge in [0.1, 0.15) is 11.8 Å². The summed E-state index contributed by atoms with van der Waals surface area (Å²) in [5.74, 6) is -1.65. The summed E-state index contributed by atoms with van der Waals surface area (Å²) in [4.78, 5) is 45.5. The number of ketones is 1. The van der Waals surface area contributed by atoms with E-state index in [1.165, 1.54) is 4.90 Å². The van der Waals surface area contributed by atoms with Crippen LogP contribution < -0.4 is 9.64 Å². The van der Waals surface area contributed by atoms with Crippen LogP contribution in [0.1, 0.15) is 38.7 Å². The zero-order valence-electron chi connectivity index (χ0n) is 20.6. The molecule has 2 fully saturated rings. The normalized spacial score (nSPS) is 23.7. The van der Waals surface area contributed by atoms with Crippen LogP contribution in [0.3, 0.4) is 0 Å². The zero-order valence-corrected chi connectivity index (χ0v) is 22.2. The molecule has 2 saturated heterocycles. The van der Waals surface area contributed by atoms with Gasteiger partial charge in [0.05, 0.1) is 35.1 Å². The van der Waals surface area contributed by atoms with E-state index in [2.05, 4.69) is 15.9 Å². The summed E-state index contributed by atoms with van der Waals surface area (Å²) < 4.78 is 5.98. The summed E-state index contributed by atoms with van der Waals surface area (Å²) in [5, 5.41) is 0. The number of fused-ring (bicyclic) bond motifs is 5. The number of nitrogens with zero attached hydrogens (tertiary/aromatic N) is 2. The van der Waals surface area contributed by atoms with Crippen LogP contribution in [-0.4, -0.2) is 35.6 Å². The van der Waals surface area contributed by atoms with E-state index in [1.807, 2.05) is 73.5 Å². The Balaban J connectivity index is 1.49. The molecule has 6 rings (SSSR count). The maximum absolute atomic E-state index is 14.1. The monoisotopic (exact) mass is 556 g/mol. The zero-order chi connectivity index (χ0) is 26.0. The smallest absolute Gasteiger partial charge is 0.240 e. The van der Waals surface area contributed by atoms with Crippen LogP contribution in [0.5, 0.6) is 5.75 Å². The number of carbonyl (C=O) groups excluding carboxylic acids is 3. The van der Waals surface area contributed by atoms with Gasteiger partial charge in [0.15, 0.2) is 5.78 Å². The first-order valence-corrected chi connectivity index (χ1v) is 13.0. The summed E-state index contributed by atoms with van der Waals surface area (Å²) in [6.45, 7) is 3.88. The first kappa shape index (κ1) is 23.7. The number of rotatable bonds is 4. The number of amides is 2. The third kappa shape index (κ3) is 3.48. The number of Topliss-reactive ketones (excluding diaryl/α,β-unsaturated/α-hetero) is 1. The molecule has 3 aliphatic rings.